The van der Waals surface area contributed by atoms with Gasteiger partial charge < -0.3 is 10.5 Å². The van der Waals surface area contributed by atoms with Crippen LogP contribution in [-0.2, 0) is 0 Å². The van der Waals surface area contributed by atoms with Crippen LogP contribution in [0.3, 0.4) is 0 Å². The van der Waals surface area contributed by atoms with Gasteiger partial charge in [-0.3, -0.25) is 0 Å². The largest absolute Gasteiger partial charge is 0.455 e. The van der Waals surface area contributed by atoms with Crippen LogP contribution in [-0.4, -0.2) is 0 Å². The predicted molar refractivity (Wildman–Crippen MR) is 85.9 cm³/mol. The molecule has 20 heavy (non-hydrogen) atoms. The van der Waals surface area contributed by atoms with E-state index in [0.29, 0.717) is 17.4 Å². The normalized spacial score (nSPS) is 10.9. The van der Waals surface area contributed by atoms with Gasteiger partial charge in [-0.25, -0.2) is 0 Å². The molecular weight excluding hydrogens is 270 g/mol. The SMILES string of the molecule is Cc1ccc(Oc2cc(C(C)C)c(Cl)cc2C)c(N)c1. The predicted octanol–water partition coefficient (Wildman–Crippen LogP) is 5.45. The quantitative estimate of drug-likeness (QED) is 0.762. The maximum absolute atomic E-state index is 6.27. The van der Waals surface area contributed by atoms with Crippen LogP contribution in [0.2, 0.25) is 5.02 Å². The summed E-state index contributed by atoms with van der Waals surface area (Å²) in [5.41, 5.74) is 9.84. The Labute approximate surface area is 125 Å². The van der Waals surface area contributed by atoms with E-state index in [1.54, 1.807) is 0 Å². The van der Waals surface area contributed by atoms with E-state index in [9.17, 15) is 0 Å². The highest BCUT2D eigenvalue weighted by Crippen LogP contribution is 2.35. The third kappa shape index (κ3) is 3.07. The molecule has 0 aliphatic heterocycles. The molecule has 0 saturated carbocycles. The van der Waals surface area contributed by atoms with Crippen molar-refractivity contribution >= 4 is 17.3 Å². The van der Waals surface area contributed by atoms with Crippen molar-refractivity contribution in [3.05, 3.63) is 52.0 Å². The molecule has 0 atom stereocenters. The minimum absolute atomic E-state index is 0.348. The van der Waals surface area contributed by atoms with E-state index in [-0.39, 0.29) is 0 Å². The molecule has 0 fully saturated rings. The second-order valence-electron chi connectivity index (χ2n) is 5.44. The van der Waals surface area contributed by atoms with E-state index >= 15 is 0 Å². The monoisotopic (exact) mass is 289 g/mol. The van der Waals surface area contributed by atoms with Crippen LogP contribution in [0.25, 0.3) is 0 Å². The Morgan fingerprint density at radius 3 is 2.35 bits per heavy atom. The van der Waals surface area contributed by atoms with Crippen LogP contribution in [0.5, 0.6) is 11.5 Å². The first-order valence-electron chi connectivity index (χ1n) is 6.72. The van der Waals surface area contributed by atoms with Gasteiger partial charge in [-0.1, -0.05) is 31.5 Å². The van der Waals surface area contributed by atoms with Gasteiger partial charge in [-0.15, -0.1) is 0 Å². The highest BCUT2D eigenvalue weighted by Gasteiger charge is 2.11. The summed E-state index contributed by atoms with van der Waals surface area (Å²) in [7, 11) is 0. The molecule has 0 spiro atoms. The lowest BCUT2D eigenvalue weighted by atomic mass is 10.0. The summed E-state index contributed by atoms with van der Waals surface area (Å²) < 4.78 is 5.96. The number of aryl methyl sites for hydroxylation is 2. The van der Waals surface area contributed by atoms with E-state index in [4.69, 9.17) is 22.1 Å². The highest BCUT2D eigenvalue weighted by atomic mass is 35.5. The van der Waals surface area contributed by atoms with Crippen molar-refractivity contribution in [1.82, 2.24) is 0 Å². The van der Waals surface area contributed by atoms with Gasteiger partial charge in [-0.2, -0.15) is 0 Å². The van der Waals surface area contributed by atoms with E-state index in [1.807, 2.05) is 44.2 Å². The van der Waals surface area contributed by atoms with Crippen LogP contribution in [0.4, 0.5) is 5.69 Å². The van der Waals surface area contributed by atoms with Crippen LogP contribution in [0.15, 0.2) is 30.3 Å². The molecule has 2 nitrogen and oxygen atoms in total. The van der Waals surface area contributed by atoms with Crippen molar-refractivity contribution in [2.24, 2.45) is 0 Å². The number of ether oxygens (including phenoxy) is 1. The Morgan fingerprint density at radius 1 is 1.05 bits per heavy atom. The van der Waals surface area contributed by atoms with E-state index in [2.05, 4.69) is 13.8 Å². The Hall–Kier alpha value is -1.67. The molecule has 0 heterocycles. The molecule has 2 N–H and O–H groups in total. The lowest BCUT2D eigenvalue weighted by Gasteiger charge is -2.15. The topological polar surface area (TPSA) is 35.2 Å². The second-order valence-corrected chi connectivity index (χ2v) is 5.84. The molecule has 2 rings (SSSR count). The lowest BCUT2D eigenvalue weighted by Crippen LogP contribution is -1.97. The molecule has 2 aromatic rings. The number of benzene rings is 2. The van der Waals surface area contributed by atoms with Gasteiger partial charge in [0, 0.05) is 5.02 Å². The molecule has 0 aliphatic carbocycles. The fourth-order valence-corrected chi connectivity index (χ4v) is 2.54. The van der Waals surface area contributed by atoms with E-state index in [1.165, 1.54) is 0 Å². The van der Waals surface area contributed by atoms with Crippen molar-refractivity contribution in [2.45, 2.75) is 33.6 Å². The van der Waals surface area contributed by atoms with Gasteiger partial charge in [0.05, 0.1) is 5.69 Å². The Kier molecular flexibility index (Phi) is 4.24. The number of anilines is 1. The summed E-state index contributed by atoms with van der Waals surface area (Å²) in [5.74, 6) is 1.82. The summed E-state index contributed by atoms with van der Waals surface area (Å²) in [6, 6.07) is 9.73. The van der Waals surface area contributed by atoms with Gasteiger partial charge >= 0.3 is 0 Å². The first-order valence-corrected chi connectivity index (χ1v) is 7.10. The van der Waals surface area contributed by atoms with Crippen LogP contribution in [0, 0.1) is 13.8 Å². The smallest absolute Gasteiger partial charge is 0.150 e. The summed E-state index contributed by atoms with van der Waals surface area (Å²) in [6.45, 7) is 8.21. The van der Waals surface area contributed by atoms with Crippen molar-refractivity contribution in [3.63, 3.8) is 0 Å². The van der Waals surface area contributed by atoms with E-state index in [0.717, 1.165) is 27.5 Å². The second kappa shape index (κ2) is 5.76. The average molecular weight is 290 g/mol. The number of nitrogen functional groups attached to an aromatic ring is 1. The average Bonchev–Trinajstić information content (AvgIpc) is 2.35. The molecule has 0 amide bonds. The lowest BCUT2D eigenvalue weighted by molar-refractivity contribution is 0.480. The molecule has 0 radical (unpaired) electrons. The Morgan fingerprint density at radius 2 is 1.75 bits per heavy atom. The van der Waals surface area contributed by atoms with Crippen molar-refractivity contribution < 1.29 is 4.74 Å². The van der Waals surface area contributed by atoms with Crippen LogP contribution < -0.4 is 10.5 Å². The molecule has 2 aromatic carbocycles. The fraction of sp³-hybridized carbons (Fsp3) is 0.294. The zero-order valence-electron chi connectivity index (χ0n) is 12.3. The molecule has 0 aromatic heterocycles. The maximum Gasteiger partial charge on any atom is 0.150 e. The third-order valence-corrected chi connectivity index (χ3v) is 3.63. The molecule has 0 unspecified atom stereocenters. The fourth-order valence-electron chi connectivity index (χ4n) is 2.10. The number of nitrogens with two attached hydrogens (primary N) is 1. The minimum atomic E-state index is 0.348. The number of rotatable bonds is 3. The molecule has 0 aliphatic rings. The minimum Gasteiger partial charge on any atom is -0.455 e. The van der Waals surface area contributed by atoms with Gasteiger partial charge in [0.25, 0.3) is 0 Å². The Bertz CT molecular complexity index is 635. The summed E-state index contributed by atoms with van der Waals surface area (Å²) in [6.07, 6.45) is 0. The maximum atomic E-state index is 6.27. The summed E-state index contributed by atoms with van der Waals surface area (Å²) in [5, 5.41) is 0.779. The standard InChI is InChI=1S/C17H20ClNO/c1-10(2)13-9-17(12(4)8-14(13)18)20-16-6-5-11(3)7-15(16)19/h5-10H,19H2,1-4H3. The zero-order chi connectivity index (χ0) is 14.9. The van der Waals surface area contributed by atoms with Gasteiger partial charge in [0.2, 0.25) is 0 Å². The highest BCUT2D eigenvalue weighted by molar-refractivity contribution is 6.31. The van der Waals surface area contributed by atoms with Crippen LogP contribution in [0.1, 0.15) is 36.5 Å². The molecule has 106 valence electrons. The zero-order valence-corrected chi connectivity index (χ0v) is 13.1. The van der Waals surface area contributed by atoms with Crippen LogP contribution >= 0.6 is 11.6 Å². The van der Waals surface area contributed by atoms with E-state index < -0.39 is 0 Å². The molecular formula is C17H20ClNO. The Balaban J connectivity index is 2.40. The first-order chi connectivity index (χ1) is 9.38. The summed E-state index contributed by atoms with van der Waals surface area (Å²) >= 11 is 6.27. The molecule has 0 bridgehead atoms. The number of halogens is 1. The molecule has 0 saturated heterocycles. The van der Waals surface area contributed by atoms with Crippen molar-refractivity contribution in [1.29, 1.82) is 0 Å². The van der Waals surface area contributed by atoms with Gasteiger partial charge in [0.1, 0.15) is 11.5 Å². The van der Waals surface area contributed by atoms with Crippen molar-refractivity contribution in [2.75, 3.05) is 5.73 Å². The number of hydrogen-bond donors (Lipinski definition) is 1. The third-order valence-electron chi connectivity index (χ3n) is 3.30. The van der Waals surface area contributed by atoms with Crippen molar-refractivity contribution in [3.8, 4) is 11.5 Å². The first kappa shape index (κ1) is 14.7. The summed E-state index contributed by atoms with van der Waals surface area (Å²) in [4.78, 5) is 0. The number of hydrogen-bond acceptors (Lipinski definition) is 2. The van der Waals surface area contributed by atoms with Gasteiger partial charge in [-0.05, 0) is 60.7 Å². The van der Waals surface area contributed by atoms with Gasteiger partial charge in [0.15, 0.2) is 0 Å². The molecule has 3 heteroatoms.